The highest BCUT2D eigenvalue weighted by molar-refractivity contribution is 7.90. The summed E-state index contributed by atoms with van der Waals surface area (Å²) in [6, 6.07) is 0. The second-order valence-electron chi connectivity index (χ2n) is 8.09. The molecule has 0 amide bonds. The van der Waals surface area contributed by atoms with Crippen LogP contribution in [0.3, 0.4) is 0 Å². The van der Waals surface area contributed by atoms with E-state index < -0.39 is 9.84 Å². The largest absolute Gasteiger partial charge is 0.294 e. The zero-order valence-electron chi connectivity index (χ0n) is 16.4. The van der Waals surface area contributed by atoms with Gasteiger partial charge >= 0.3 is 0 Å². The summed E-state index contributed by atoms with van der Waals surface area (Å²) in [5.41, 5.74) is 5.32. The maximum absolute atomic E-state index is 11.6. The third kappa shape index (κ3) is 3.66. The third-order valence-corrected chi connectivity index (χ3v) is 5.64. The van der Waals surface area contributed by atoms with Crippen molar-refractivity contribution in [2.75, 3.05) is 12.8 Å². The molecule has 7 nitrogen and oxygen atoms in total. The molecule has 0 radical (unpaired) electrons. The lowest BCUT2D eigenvalue weighted by atomic mass is 10.1. The molecular formula is C18H27N5O2S. The Balaban J connectivity index is 1.82. The van der Waals surface area contributed by atoms with Crippen LogP contribution in [0, 0.1) is 13.8 Å². The number of fused-ring (bicyclic) bond motifs is 1. The Hall–Kier alpha value is -1.80. The maximum Gasteiger partial charge on any atom is 0.246 e. The first-order valence-electron chi connectivity index (χ1n) is 8.79. The van der Waals surface area contributed by atoms with Gasteiger partial charge in [-0.25, -0.2) is 18.4 Å². The fourth-order valence-corrected chi connectivity index (χ4v) is 3.97. The molecule has 2 aromatic heterocycles. The highest BCUT2D eigenvalue weighted by atomic mass is 32.2. The van der Waals surface area contributed by atoms with Gasteiger partial charge in [0, 0.05) is 55.3 Å². The molecule has 0 bridgehead atoms. The van der Waals surface area contributed by atoms with Crippen molar-refractivity contribution in [3.8, 4) is 0 Å². The molecule has 3 rings (SSSR count). The lowest BCUT2D eigenvalue weighted by Crippen LogP contribution is -2.32. The van der Waals surface area contributed by atoms with E-state index in [0.717, 1.165) is 49.3 Å². The van der Waals surface area contributed by atoms with Crippen LogP contribution < -0.4 is 0 Å². The van der Waals surface area contributed by atoms with Crippen LogP contribution in [0.2, 0.25) is 0 Å². The van der Waals surface area contributed by atoms with Gasteiger partial charge in [-0.15, -0.1) is 0 Å². The van der Waals surface area contributed by atoms with Gasteiger partial charge in [0.25, 0.3) is 0 Å². The van der Waals surface area contributed by atoms with Gasteiger partial charge in [0.1, 0.15) is 0 Å². The highest BCUT2D eigenvalue weighted by Crippen LogP contribution is 2.25. The number of nitrogens with zero attached hydrogens (tertiary/aromatic N) is 5. The number of hydrogen-bond acceptors (Lipinski definition) is 6. The first-order chi connectivity index (χ1) is 12.0. The van der Waals surface area contributed by atoms with Crippen LogP contribution in [-0.2, 0) is 34.9 Å². The highest BCUT2D eigenvalue weighted by Gasteiger charge is 2.25. The van der Waals surface area contributed by atoms with Gasteiger partial charge in [0.05, 0.1) is 16.9 Å². The Kier molecular flexibility index (Phi) is 4.69. The van der Waals surface area contributed by atoms with Gasteiger partial charge in [-0.2, -0.15) is 5.10 Å². The van der Waals surface area contributed by atoms with Crippen molar-refractivity contribution >= 4 is 9.84 Å². The summed E-state index contributed by atoms with van der Waals surface area (Å²) in [5.74, 6) is 0. The average Bonchev–Trinajstić information content (AvgIpc) is 2.81. The smallest absolute Gasteiger partial charge is 0.246 e. The summed E-state index contributed by atoms with van der Waals surface area (Å²) in [4.78, 5) is 10.6. The van der Waals surface area contributed by atoms with E-state index in [9.17, 15) is 8.42 Å². The second-order valence-corrected chi connectivity index (χ2v) is 10.00. The standard InChI is InChI=1S/C18H27N5O2S/c1-12-15(13(2)23(21-12)18(3,4)5)11-22-8-7-16-14(10-22)9-19-17(20-16)26(6,24)25/h9H,7-8,10-11H2,1-6H3. The van der Waals surface area contributed by atoms with E-state index in [4.69, 9.17) is 5.10 Å². The maximum atomic E-state index is 11.6. The number of hydrogen-bond donors (Lipinski definition) is 0. The molecule has 0 aliphatic carbocycles. The molecule has 0 unspecified atom stereocenters. The summed E-state index contributed by atoms with van der Waals surface area (Å²) in [7, 11) is -3.37. The first kappa shape index (κ1) is 19.0. The number of aryl methyl sites for hydroxylation is 1. The van der Waals surface area contributed by atoms with Crippen molar-refractivity contribution in [1.82, 2.24) is 24.6 Å². The molecule has 3 heterocycles. The molecular weight excluding hydrogens is 350 g/mol. The van der Waals surface area contributed by atoms with Crippen molar-refractivity contribution < 1.29 is 8.42 Å². The fourth-order valence-electron chi connectivity index (χ4n) is 3.45. The molecule has 2 aromatic rings. The van der Waals surface area contributed by atoms with Crippen molar-refractivity contribution in [2.45, 2.75) is 64.8 Å². The van der Waals surface area contributed by atoms with Crippen molar-refractivity contribution in [3.05, 3.63) is 34.4 Å². The lowest BCUT2D eigenvalue weighted by Gasteiger charge is -2.28. The summed E-state index contributed by atoms with van der Waals surface area (Å²) in [6.07, 6.45) is 3.53. The van der Waals surface area contributed by atoms with Gasteiger partial charge in [-0.3, -0.25) is 9.58 Å². The second kappa shape index (κ2) is 6.42. The molecule has 8 heteroatoms. The van der Waals surface area contributed by atoms with Crippen LogP contribution in [0.5, 0.6) is 0 Å². The fraction of sp³-hybridized carbons (Fsp3) is 0.611. The summed E-state index contributed by atoms with van der Waals surface area (Å²) >= 11 is 0. The van der Waals surface area contributed by atoms with E-state index in [1.54, 1.807) is 6.20 Å². The Morgan fingerprint density at radius 2 is 1.92 bits per heavy atom. The van der Waals surface area contributed by atoms with Gasteiger partial charge in [0.2, 0.25) is 15.0 Å². The monoisotopic (exact) mass is 377 g/mol. The van der Waals surface area contributed by atoms with Crippen LogP contribution in [0.1, 0.15) is 49.0 Å². The van der Waals surface area contributed by atoms with Crippen molar-refractivity contribution in [1.29, 1.82) is 0 Å². The molecule has 1 aliphatic heterocycles. The minimum atomic E-state index is -3.37. The van der Waals surface area contributed by atoms with E-state index in [-0.39, 0.29) is 10.7 Å². The molecule has 0 atom stereocenters. The predicted molar refractivity (Wildman–Crippen MR) is 99.7 cm³/mol. The third-order valence-electron chi connectivity index (χ3n) is 4.78. The quantitative estimate of drug-likeness (QED) is 0.761. The summed E-state index contributed by atoms with van der Waals surface area (Å²) in [6.45, 7) is 13.0. The van der Waals surface area contributed by atoms with Crippen molar-refractivity contribution in [3.63, 3.8) is 0 Å². The number of rotatable bonds is 3. The van der Waals surface area contributed by atoms with Crippen LogP contribution in [0.15, 0.2) is 11.4 Å². The lowest BCUT2D eigenvalue weighted by molar-refractivity contribution is 0.240. The molecule has 142 valence electrons. The predicted octanol–water partition coefficient (Wildman–Crippen LogP) is 2.01. The molecule has 0 fully saturated rings. The van der Waals surface area contributed by atoms with Gasteiger partial charge in [0.15, 0.2) is 0 Å². The Morgan fingerprint density at radius 3 is 2.50 bits per heavy atom. The molecule has 0 N–H and O–H groups in total. The van der Waals surface area contributed by atoms with Gasteiger partial charge < -0.3 is 0 Å². The minimum Gasteiger partial charge on any atom is -0.294 e. The van der Waals surface area contributed by atoms with E-state index in [0.29, 0.717) is 0 Å². The van der Waals surface area contributed by atoms with Gasteiger partial charge in [-0.1, -0.05) is 0 Å². The molecule has 0 saturated heterocycles. The van der Waals surface area contributed by atoms with E-state index in [2.05, 4.69) is 54.2 Å². The Morgan fingerprint density at radius 1 is 1.23 bits per heavy atom. The minimum absolute atomic E-state index is 0.0442. The van der Waals surface area contributed by atoms with Crippen molar-refractivity contribution in [2.24, 2.45) is 0 Å². The molecule has 26 heavy (non-hydrogen) atoms. The molecule has 0 aromatic carbocycles. The summed E-state index contributed by atoms with van der Waals surface area (Å²) < 4.78 is 25.4. The zero-order valence-corrected chi connectivity index (χ0v) is 17.2. The number of aromatic nitrogens is 4. The Labute approximate surface area is 155 Å². The van der Waals surface area contributed by atoms with Crippen LogP contribution in [0.25, 0.3) is 0 Å². The topological polar surface area (TPSA) is 81.0 Å². The van der Waals surface area contributed by atoms with E-state index in [1.807, 2.05) is 0 Å². The first-order valence-corrected chi connectivity index (χ1v) is 10.7. The molecule has 1 aliphatic rings. The van der Waals surface area contributed by atoms with Crippen LogP contribution >= 0.6 is 0 Å². The zero-order chi connectivity index (χ0) is 19.3. The van der Waals surface area contributed by atoms with E-state index in [1.165, 1.54) is 11.3 Å². The molecule has 0 spiro atoms. The molecule has 0 saturated carbocycles. The average molecular weight is 378 g/mol. The van der Waals surface area contributed by atoms with Gasteiger partial charge in [-0.05, 0) is 34.6 Å². The normalized spacial score (nSPS) is 15.9. The SMILES string of the molecule is Cc1nn(C(C)(C)C)c(C)c1CN1CCc2nc(S(C)(=O)=O)ncc2C1. The van der Waals surface area contributed by atoms with Crippen LogP contribution in [0.4, 0.5) is 0 Å². The van der Waals surface area contributed by atoms with Crippen LogP contribution in [-0.4, -0.2) is 45.9 Å². The Bertz CT molecular complexity index is 941. The summed E-state index contributed by atoms with van der Waals surface area (Å²) in [5, 5.41) is 4.65. The number of sulfone groups is 1. The van der Waals surface area contributed by atoms with E-state index >= 15 is 0 Å².